The topological polar surface area (TPSA) is 26.0 Å². The highest BCUT2D eigenvalue weighted by Crippen LogP contribution is 2.31. The van der Waals surface area contributed by atoms with Crippen molar-refractivity contribution in [3.8, 4) is 0 Å². The van der Waals surface area contributed by atoms with Crippen molar-refractivity contribution in [1.82, 2.24) is 0 Å². The first-order valence-electron chi connectivity index (χ1n) is 6.27. The largest absolute Gasteiger partial charge is 0.322 e. The van der Waals surface area contributed by atoms with Gasteiger partial charge < -0.3 is 5.73 Å². The van der Waals surface area contributed by atoms with Crippen molar-refractivity contribution in [2.24, 2.45) is 5.73 Å². The van der Waals surface area contributed by atoms with E-state index >= 15 is 0 Å². The number of aryl methyl sites for hydroxylation is 1. The molecule has 0 spiro atoms. The standard InChI is InChI=1S/C16H17BrClN/c1-16(19,10-9-12-5-3-2-4-6-12)14-8-7-13(17)11-15(14)18/h2-8,11H,9-10,19H2,1H3. The average molecular weight is 339 g/mol. The molecule has 1 unspecified atom stereocenters. The normalized spacial score (nSPS) is 14.1. The summed E-state index contributed by atoms with van der Waals surface area (Å²) in [6.07, 6.45) is 1.80. The second-order valence-corrected chi connectivity index (χ2v) is 6.35. The van der Waals surface area contributed by atoms with E-state index in [2.05, 4.69) is 40.2 Å². The lowest BCUT2D eigenvalue weighted by Crippen LogP contribution is -2.33. The van der Waals surface area contributed by atoms with E-state index in [1.54, 1.807) is 0 Å². The van der Waals surface area contributed by atoms with Crippen LogP contribution in [0, 0.1) is 0 Å². The lowest BCUT2D eigenvalue weighted by Gasteiger charge is -2.26. The summed E-state index contributed by atoms with van der Waals surface area (Å²) < 4.78 is 0.972. The number of hydrogen-bond donors (Lipinski definition) is 1. The van der Waals surface area contributed by atoms with Gasteiger partial charge in [-0.25, -0.2) is 0 Å². The SMILES string of the molecule is CC(N)(CCc1ccccc1)c1ccc(Br)cc1Cl. The molecule has 3 heteroatoms. The maximum atomic E-state index is 6.44. The maximum Gasteiger partial charge on any atom is 0.0467 e. The fourth-order valence-electron chi connectivity index (χ4n) is 2.14. The first-order chi connectivity index (χ1) is 8.99. The molecule has 2 N–H and O–H groups in total. The predicted octanol–water partition coefficient (Wildman–Crippen LogP) is 4.91. The zero-order valence-corrected chi connectivity index (χ0v) is 13.2. The summed E-state index contributed by atoms with van der Waals surface area (Å²) in [7, 11) is 0. The molecule has 0 saturated heterocycles. The van der Waals surface area contributed by atoms with Crippen LogP contribution in [0.25, 0.3) is 0 Å². The molecule has 0 radical (unpaired) electrons. The summed E-state index contributed by atoms with van der Waals surface area (Å²) in [5.74, 6) is 0. The van der Waals surface area contributed by atoms with Crippen molar-refractivity contribution in [2.75, 3.05) is 0 Å². The van der Waals surface area contributed by atoms with E-state index in [1.165, 1.54) is 5.56 Å². The van der Waals surface area contributed by atoms with Crippen LogP contribution in [0.4, 0.5) is 0 Å². The van der Waals surface area contributed by atoms with Crippen molar-refractivity contribution in [2.45, 2.75) is 25.3 Å². The van der Waals surface area contributed by atoms with Crippen LogP contribution < -0.4 is 5.73 Å². The summed E-state index contributed by atoms with van der Waals surface area (Å²) in [6.45, 7) is 2.03. The lowest BCUT2D eigenvalue weighted by molar-refractivity contribution is 0.453. The molecule has 0 aliphatic carbocycles. The van der Waals surface area contributed by atoms with Crippen LogP contribution in [-0.2, 0) is 12.0 Å². The second-order valence-electron chi connectivity index (χ2n) is 5.03. The van der Waals surface area contributed by atoms with Gasteiger partial charge in [-0.15, -0.1) is 0 Å². The van der Waals surface area contributed by atoms with Gasteiger partial charge in [-0.2, -0.15) is 0 Å². The molecule has 0 bridgehead atoms. The van der Waals surface area contributed by atoms with E-state index in [-0.39, 0.29) is 0 Å². The highest BCUT2D eigenvalue weighted by Gasteiger charge is 2.23. The van der Waals surface area contributed by atoms with E-state index in [1.807, 2.05) is 31.2 Å². The molecular formula is C16H17BrClN. The smallest absolute Gasteiger partial charge is 0.0467 e. The average Bonchev–Trinajstić information content (AvgIpc) is 2.37. The number of benzene rings is 2. The Balaban J connectivity index is 2.13. The lowest BCUT2D eigenvalue weighted by atomic mass is 9.87. The van der Waals surface area contributed by atoms with Gasteiger partial charge in [0.1, 0.15) is 0 Å². The van der Waals surface area contributed by atoms with Gasteiger partial charge in [-0.3, -0.25) is 0 Å². The first kappa shape index (κ1) is 14.6. The number of rotatable bonds is 4. The molecule has 0 saturated carbocycles. The minimum atomic E-state index is -0.423. The van der Waals surface area contributed by atoms with Crippen molar-refractivity contribution >= 4 is 27.5 Å². The summed E-state index contributed by atoms with van der Waals surface area (Å²) in [6, 6.07) is 16.2. The van der Waals surface area contributed by atoms with Crippen LogP contribution in [0.1, 0.15) is 24.5 Å². The van der Waals surface area contributed by atoms with Crippen LogP contribution in [0.3, 0.4) is 0 Å². The van der Waals surface area contributed by atoms with Crippen molar-refractivity contribution in [3.63, 3.8) is 0 Å². The van der Waals surface area contributed by atoms with Gasteiger partial charge in [0, 0.05) is 15.0 Å². The number of nitrogens with two attached hydrogens (primary N) is 1. The molecule has 0 aliphatic rings. The second kappa shape index (κ2) is 6.08. The molecule has 2 aromatic carbocycles. The summed E-state index contributed by atoms with van der Waals surface area (Å²) >= 11 is 9.70. The van der Waals surface area contributed by atoms with Gasteiger partial charge in [0.25, 0.3) is 0 Å². The number of hydrogen-bond acceptors (Lipinski definition) is 1. The van der Waals surface area contributed by atoms with Crippen LogP contribution in [-0.4, -0.2) is 0 Å². The van der Waals surface area contributed by atoms with E-state index in [0.29, 0.717) is 5.02 Å². The van der Waals surface area contributed by atoms with Gasteiger partial charge in [0.15, 0.2) is 0 Å². The highest BCUT2D eigenvalue weighted by molar-refractivity contribution is 9.10. The summed E-state index contributed by atoms with van der Waals surface area (Å²) in [5.41, 5.74) is 8.31. The van der Waals surface area contributed by atoms with Gasteiger partial charge in [-0.05, 0) is 43.0 Å². The molecular weight excluding hydrogens is 322 g/mol. The molecule has 2 aromatic rings. The van der Waals surface area contributed by atoms with Crippen LogP contribution >= 0.6 is 27.5 Å². The molecule has 0 aliphatic heterocycles. The Hall–Kier alpha value is -0.830. The van der Waals surface area contributed by atoms with Crippen LogP contribution in [0.2, 0.25) is 5.02 Å². The van der Waals surface area contributed by atoms with E-state index < -0.39 is 5.54 Å². The Morgan fingerprint density at radius 3 is 2.47 bits per heavy atom. The molecule has 1 atom stereocenters. The third kappa shape index (κ3) is 3.82. The molecule has 100 valence electrons. The van der Waals surface area contributed by atoms with Gasteiger partial charge >= 0.3 is 0 Å². The number of halogens is 2. The molecule has 0 fully saturated rings. The monoisotopic (exact) mass is 337 g/mol. The quantitative estimate of drug-likeness (QED) is 0.842. The third-order valence-electron chi connectivity index (χ3n) is 3.32. The summed E-state index contributed by atoms with van der Waals surface area (Å²) in [5, 5.41) is 0.715. The molecule has 0 amide bonds. The molecule has 0 aromatic heterocycles. The Kier molecular flexibility index (Phi) is 4.67. The molecule has 2 rings (SSSR count). The summed E-state index contributed by atoms with van der Waals surface area (Å²) in [4.78, 5) is 0. The van der Waals surface area contributed by atoms with Crippen molar-refractivity contribution in [1.29, 1.82) is 0 Å². The minimum absolute atomic E-state index is 0.423. The zero-order valence-electron chi connectivity index (χ0n) is 10.9. The van der Waals surface area contributed by atoms with E-state index in [4.69, 9.17) is 17.3 Å². The van der Waals surface area contributed by atoms with Crippen LogP contribution in [0.5, 0.6) is 0 Å². The predicted molar refractivity (Wildman–Crippen MR) is 85.5 cm³/mol. The maximum absolute atomic E-state index is 6.44. The molecule has 1 nitrogen and oxygen atoms in total. The van der Waals surface area contributed by atoms with Crippen LogP contribution in [0.15, 0.2) is 53.0 Å². The van der Waals surface area contributed by atoms with Crippen molar-refractivity contribution in [3.05, 3.63) is 69.2 Å². The fraction of sp³-hybridized carbons (Fsp3) is 0.250. The Bertz CT molecular complexity index is 552. The zero-order chi connectivity index (χ0) is 13.9. The van der Waals surface area contributed by atoms with Crippen molar-refractivity contribution < 1.29 is 0 Å². The Labute approximate surface area is 127 Å². The molecule has 19 heavy (non-hydrogen) atoms. The van der Waals surface area contributed by atoms with Gasteiger partial charge in [-0.1, -0.05) is 63.9 Å². The van der Waals surface area contributed by atoms with E-state index in [9.17, 15) is 0 Å². The highest BCUT2D eigenvalue weighted by atomic mass is 79.9. The van der Waals surface area contributed by atoms with Gasteiger partial charge in [0.2, 0.25) is 0 Å². The Morgan fingerprint density at radius 1 is 1.16 bits per heavy atom. The minimum Gasteiger partial charge on any atom is -0.322 e. The van der Waals surface area contributed by atoms with Gasteiger partial charge in [0.05, 0.1) is 0 Å². The molecule has 0 heterocycles. The third-order valence-corrected chi connectivity index (χ3v) is 4.13. The first-order valence-corrected chi connectivity index (χ1v) is 7.44. The Morgan fingerprint density at radius 2 is 1.84 bits per heavy atom. The fourth-order valence-corrected chi connectivity index (χ4v) is 3.03. The van der Waals surface area contributed by atoms with E-state index in [0.717, 1.165) is 22.9 Å².